The number of halogens is 1. The minimum absolute atomic E-state index is 0.0324. The number of nitrogens with zero attached hydrogens (tertiary/aromatic N) is 2. The van der Waals surface area contributed by atoms with Crippen LogP contribution in [0.2, 0.25) is 5.02 Å². The molecule has 0 atom stereocenters. The second-order valence-electron chi connectivity index (χ2n) is 4.69. The average Bonchev–Trinajstić information content (AvgIpc) is 2.50. The first-order valence-corrected chi connectivity index (χ1v) is 6.71. The molecule has 2 aromatic rings. The van der Waals surface area contributed by atoms with Crippen molar-refractivity contribution < 1.29 is 9.94 Å². The van der Waals surface area contributed by atoms with Crippen molar-refractivity contribution in [3.8, 4) is 5.75 Å². The van der Waals surface area contributed by atoms with Crippen molar-refractivity contribution in [3.63, 3.8) is 0 Å². The topological polar surface area (TPSA) is 80.7 Å². The van der Waals surface area contributed by atoms with E-state index in [1.165, 1.54) is 0 Å². The zero-order chi connectivity index (χ0) is 15.4. The van der Waals surface area contributed by atoms with Crippen LogP contribution in [0.4, 0.5) is 0 Å². The van der Waals surface area contributed by atoms with Gasteiger partial charge in [-0.1, -0.05) is 16.8 Å². The molecule has 5 nitrogen and oxygen atoms in total. The number of ether oxygens (including phenoxy) is 1. The maximum atomic E-state index is 8.65. The number of aromatic nitrogens is 1. The first-order chi connectivity index (χ1) is 10.0. The summed E-state index contributed by atoms with van der Waals surface area (Å²) in [6, 6.07) is 7.30. The van der Waals surface area contributed by atoms with Crippen LogP contribution < -0.4 is 10.5 Å². The lowest BCUT2D eigenvalue weighted by molar-refractivity contribution is 0.305. The van der Waals surface area contributed by atoms with E-state index >= 15 is 0 Å². The Kier molecular flexibility index (Phi) is 4.65. The third-order valence-corrected chi connectivity index (χ3v) is 3.61. The predicted octanol–water partition coefficient (Wildman–Crippen LogP) is 3.03. The van der Waals surface area contributed by atoms with Gasteiger partial charge in [0.25, 0.3) is 0 Å². The molecule has 0 amide bonds. The van der Waals surface area contributed by atoms with Crippen molar-refractivity contribution >= 4 is 17.4 Å². The van der Waals surface area contributed by atoms with E-state index in [4.69, 9.17) is 27.3 Å². The van der Waals surface area contributed by atoms with Gasteiger partial charge in [0.1, 0.15) is 18.1 Å². The van der Waals surface area contributed by atoms with Gasteiger partial charge in [-0.2, -0.15) is 0 Å². The first kappa shape index (κ1) is 15.1. The Hall–Kier alpha value is -2.27. The van der Waals surface area contributed by atoms with Crippen LogP contribution >= 0.6 is 11.6 Å². The normalized spacial score (nSPS) is 11.5. The van der Waals surface area contributed by atoms with Crippen LogP contribution in [0.3, 0.4) is 0 Å². The molecule has 0 radical (unpaired) electrons. The number of hydrogen-bond acceptors (Lipinski definition) is 4. The molecule has 0 saturated carbocycles. The Bertz CT molecular complexity index is 663. The zero-order valence-corrected chi connectivity index (χ0v) is 12.6. The largest absolute Gasteiger partial charge is 0.489 e. The number of oxime groups is 1. The van der Waals surface area contributed by atoms with E-state index in [1.54, 1.807) is 12.3 Å². The van der Waals surface area contributed by atoms with Gasteiger partial charge in [-0.05, 0) is 54.8 Å². The highest BCUT2D eigenvalue weighted by atomic mass is 35.5. The van der Waals surface area contributed by atoms with Crippen molar-refractivity contribution in [2.45, 2.75) is 20.5 Å². The molecular weight excluding hydrogens is 290 g/mol. The first-order valence-electron chi connectivity index (χ1n) is 6.33. The van der Waals surface area contributed by atoms with E-state index in [0.29, 0.717) is 12.3 Å². The fourth-order valence-electron chi connectivity index (χ4n) is 1.91. The van der Waals surface area contributed by atoms with Gasteiger partial charge < -0.3 is 15.7 Å². The number of hydrogen-bond donors (Lipinski definition) is 2. The molecule has 2 rings (SSSR count). The molecule has 21 heavy (non-hydrogen) atoms. The van der Waals surface area contributed by atoms with Crippen LogP contribution in [0.5, 0.6) is 5.75 Å². The molecule has 3 N–H and O–H groups in total. The van der Waals surface area contributed by atoms with Gasteiger partial charge in [-0.25, -0.2) is 0 Å². The molecule has 0 fully saturated rings. The number of rotatable bonds is 4. The molecule has 0 unspecified atom stereocenters. The Labute approximate surface area is 128 Å². The number of pyridine rings is 1. The summed E-state index contributed by atoms with van der Waals surface area (Å²) in [6.45, 7) is 4.23. The summed E-state index contributed by atoms with van der Waals surface area (Å²) in [4.78, 5) is 4.02. The highest BCUT2D eigenvalue weighted by molar-refractivity contribution is 6.32. The summed E-state index contributed by atoms with van der Waals surface area (Å²) >= 11 is 6.12. The highest BCUT2D eigenvalue weighted by Gasteiger charge is 2.06. The smallest absolute Gasteiger partial charge is 0.188 e. The molecule has 1 aromatic carbocycles. The van der Waals surface area contributed by atoms with Crippen molar-refractivity contribution in [2.24, 2.45) is 10.9 Å². The fourth-order valence-corrected chi connectivity index (χ4v) is 2.02. The van der Waals surface area contributed by atoms with Gasteiger partial charge in [-0.3, -0.25) is 4.98 Å². The van der Waals surface area contributed by atoms with E-state index in [1.807, 2.05) is 32.0 Å². The molecule has 1 aromatic heterocycles. The van der Waals surface area contributed by atoms with Crippen LogP contribution in [0.15, 0.2) is 35.6 Å². The third kappa shape index (κ3) is 3.64. The molecule has 0 spiro atoms. The zero-order valence-electron chi connectivity index (χ0n) is 11.8. The molecule has 6 heteroatoms. The van der Waals surface area contributed by atoms with Gasteiger partial charge >= 0.3 is 0 Å². The standard InChI is InChI=1S/C15H16ClN3O2/c1-9-5-12(6-10(2)14(9)16)21-8-11-3-4-18-13(7-11)15(17)19-20/h3-7,20H,8H2,1-2H3,(H2,17,19). The maximum absolute atomic E-state index is 8.65. The molecule has 0 aliphatic heterocycles. The van der Waals surface area contributed by atoms with E-state index in [2.05, 4.69) is 10.1 Å². The second kappa shape index (κ2) is 6.45. The Morgan fingerprint density at radius 3 is 2.62 bits per heavy atom. The van der Waals surface area contributed by atoms with Gasteiger partial charge in [0, 0.05) is 11.2 Å². The van der Waals surface area contributed by atoms with Crippen molar-refractivity contribution in [1.82, 2.24) is 4.98 Å². The SMILES string of the molecule is Cc1cc(OCc2ccnc(C(N)=NO)c2)cc(C)c1Cl. The average molecular weight is 306 g/mol. The molecule has 0 aliphatic carbocycles. The number of amidine groups is 1. The van der Waals surface area contributed by atoms with Crippen LogP contribution in [-0.2, 0) is 6.61 Å². The summed E-state index contributed by atoms with van der Waals surface area (Å²) in [5, 5.41) is 12.3. The van der Waals surface area contributed by atoms with Crippen molar-refractivity contribution in [3.05, 3.63) is 57.9 Å². The Morgan fingerprint density at radius 1 is 1.33 bits per heavy atom. The van der Waals surface area contributed by atoms with E-state index < -0.39 is 0 Å². The minimum atomic E-state index is -0.0324. The van der Waals surface area contributed by atoms with Gasteiger partial charge in [0.05, 0.1) is 0 Å². The van der Waals surface area contributed by atoms with Crippen LogP contribution in [0.25, 0.3) is 0 Å². The number of aryl methyl sites for hydroxylation is 2. The molecule has 1 heterocycles. The predicted molar refractivity (Wildman–Crippen MR) is 82.0 cm³/mol. The lowest BCUT2D eigenvalue weighted by Crippen LogP contribution is -2.15. The van der Waals surface area contributed by atoms with E-state index in [-0.39, 0.29) is 5.84 Å². The molecule has 0 aliphatic rings. The highest BCUT2D eigenvalue weighted by Crippen LogP contribution is 2.26. The maximum Gasteiger partial charge on any atom is 0.188 e. The summed E-state index contributed by atoms with van der Waals surface area (Å²) in [5.74, 6) is 0.714. The van der Waals surface area contributed by atoms with E-state index in [0.717, 1.165) is 27.5 Å². The minimum Gasteiger partial charge on any atom is -0.489 e. The van der Waals surface area contributed by atoms with Crippen LogP contribution in [0, 0.1) is 13.8 Å². The van der Waals surface area contributed by atoms with Gasteiger partial charge in [-0.15, -0.1) is 0 Å². The summed E-state index contributed by atoms with van der Waals surface area (Å²) < 4.78 is 5.75. The fraction of sp³-hybridized carbons (Fsp3) is 0.200. The Morgan fingerprint density at radius 2 is 2.00 bits per heavy atom. The lowest BCUT2D eigenvalue weighted by atomic mass is 10.1. The monoisotopic (exact) mass is 305 g/mol. The number of nitrogens with two attached hydrogens (primary N) is 1. The lowest BCUT2D eigenvalue weighted by Gasteiger charge is -2.10. The van der Waals surface area contributed by atoms with Crippen LogP contribution in [-0.4, -0.2) is 16.0 Å². The number of benzene rings is 1. The quantitative estimate of drug-likeness (QED) is 0.394. The van der Waals surface area contributed by atoms with Crippen molar-refractivity contribution in [2.75, 3.05) is 0 Å². The molecular formula is C15H16ClN3O2. The van der Waals surface area contributed by atoms with Gasteiger partial charge in [0.15, 0.2) is 5.84 Å². The van der Waals surface area contributed by atoms with Crippen LogP contribution in [0.1, 0.15) is 22.4 Å². The second-order valence-corrected chi connectivity index (χ2v) is 5.07. The summed E-state index contributed by atoms with van der Waals surface area (Å²) in [7, 11) is 0. The van der Waals surface area contributed by atoms with Crippen molar-refractivity contribution in [1.29, 1.82) is 0 Å². The van der Waals surface area contributed by atoms with Gasteiger partial charge in [0.2, 0.25) is 0 Å². The Balaban J connectivity index is 2.13. The summed E-state index contributed by atoms with van der Waals surface area (Å²) in [6.07, 6.45) is 1.59. The molecule has 110 valence electrons. The third-order valence-electron chi connectivity index (χ3n) is 3.01. The molecule has 0 saturated heterocycles. The summed E-state index contributed by atoms with van der Waals surface area (Å²) in [5.41, 5.74) is 8.73. The van der Waals surface area contributed by atoms with E-state index in [9.17, 15) is 0 Å². The molecule has 0 bridgehead atoms.